The van der Waals surface area contributed by atoms with Gasteiger partial charge in [0, 0.05) is 0 Å². The number of halogens is 1. The van der Waals surface area contributed by atoms with Gasteiger partial charge in [0.25, 0.3) is 0 Å². The van der Waals surface area contributed by atoms with Gasteiger partial charge in [-0.15, -0.1) is 0 Å². The van der Waals surface area contributed by atoms with Crippen LogP contribution in [0.2, 0.25) is 0 Å². The van der Waals surface area contributed by atoms with E-state index in [0.29, 0.717) is 0 Å². The zero-order valence-electron chi connectivity index (χ0n) is 3.77. The van der Waals surface area contributed by atoms with Crippen molar-refractivity contribution in [3.63, 3.8) is 0 Å². The maximum Gasteiger partial charge on any atom is 3.00 e. The minimum Gasteiger partial charge on any atom is -1.00 e. The Kier molecular flexibility index (Phi) is 11200. The first-order chi connectivity index (χ1) is 0. The summed E-state index contributed by atoms with van der Waals surface area (Å²) >= 11 is 0. The fourth-order valence-electron chi connectivity index (χ4n) is 0. The fourth-order valence-corrected chi connectivity index (χ4v) is 0. The van der Waals surface area contributed by atoms with Gasteiger partial charge in [-0.05, 0) is 0 Å². The molecule has 0 atom stereocenters. The molecule has 0 bridgehead atoms. The van der Waals surface area contributed by atoms with Gasteiger partial charge < -0.3 is 44.4 Å². The average Bonchev–Trinajstić information content (AvgIpc) is 0. The van der Waals surface area contributed by atoms with Gasteiger partial charge in [-0.3, -0.25) is 0 Å². The van der Waals surface area contributed by atoms with Crippen LogP contribution >= 0.6 is 0 Å². The van der Waals surface area contributed by atoms with Crippen LogP contribution in [0.1, 0.15) is 0 Å². The van der Waals surface area contributed by atoms with Crippen molar-refractivity contribution < 1.29 is 44.4 Å². The van der Waals surface area contributed by atoms with Crippen LogP contribution in [0.3, 0.4) is 0 Å². The minimum absolute atomic E-state index is 0. The fraction of sp³-hybridized carbons (Fsp3) is 0. The summed E-state index contributed by atoms with van der Waals surface area (Å²) in [5.74, 6) is 0. The van der Waals surface area contributed by atoms with Gasteiger partial charge in [-0.1, -0.05) is 0 Å². The molecule has 5 N–H and O–H groups in total. The summed E-state index contributed by atoms with van der Waals surface area (Å²) < 4.78 is 0. The van der Waals surface area contributed by atoms with Crippen LogP contribution in [0, 0.1) is 0 Å². The Labute approximate surface area is 79.0 Å². The summed E-state index contributed by atoms with van der Waals surface area (Å²) in [6.07, 6.45) is 0. The average molecular weight is 219 g/mol. The van der Waals surface area contributed by atoms with Crippen molar-refractivity contribution >= 4 is 34.7 Å². The normalized spacial score (nSPS) is 0. The second kappa shape index (κ2) is 249. The summed E-state index contributed by atoms with van der Waals surface area (Å²) in [6, 6.07) is 0. The molecule has 0 saturated heterocycles. The molecular weight excluding hydrogens is 214 g/mol. The van der Waals surface area contributed by atoms with Crippen LogP contribution in [0.5, 0.6) is 0 Å². The van der Waals surface area contributed by atoms with Gasteiger partial charge in [0.05, 0.1) is 0 Å². The Morgan fingerprint density at radius 1 is 0.375 bits per heavy atom. The van der Waals surface area contributed by atoms with Gasteiger partial charge in [-0.2, -0.15) is 0 Å². The molecule has 8 heavy (non-hydrogen) atoms. The Bertz CT molecular complexity index is 10.4. The molecule has 0 aromatic rings. The monoisotopic (exact) mass is 218 g/mol. The standard InChI is InChI=1S/2Al.BrH.5H2O/h;;1H;5*1H2/q2*+3;;;;;;/p-6. The van der Waals surface area contributed by atoms with E-state index in [1.807, 2.05) is 0 Å². The van der Waals surface area contributed by atoms with Crippen LogP contribution in [-0.4, -0.2) is 62.1 Å². The molecule has 0 aliphatic carbocycles. The SMILES string of the molecule is [Al+3].[Al+3].[Br-].[OH-].[OH-].[OH-].[OH-].[OH-]. The summed E-state index contributed by atoms with van der Waals surface area (Å²) in [4.78, 5) is 0. The first-order valence-electron chi connectivity index (χ1n) is 0. The van der Waals surface area contributed by atoms with E-state index in [-0.39, 0.29) is 79.1 Å². The molecule has 0 spiro atoms. The summed E-state index contributed by atoms with van der Waals surface area (Å²) in [6.45, 7) is 0. The molecular formula is H5Al2BrO5. The van der Waals surface area contributed by atoms with Gasteiger partial charge in [0.15, 0.2) is 0 Å². The van der Waals surface area contributed by atoms with E-state index < -0.39 is 0 Å². The first-order valence-corrected chi connectivity index (χ1v) is 0. The topological polar surface area (TPSA) is 150 Å². The van der Waals surface area contributed by atoms with E-state index in [9.17, 15) is 0 Å². The molecule has 0 aromatic heterocycles. The van der Waals surface area contributed by atoms with Gasteiger partial charge in [0.1, 0.15) is 0 Å². The smallest absolute Gasteiger partial charge is 1.00 e. The van der Waals surface area contributed by atoms with Crippen molar-refractivity contribution in [2.45, 2.75) is 0 Å². The predicted molar refractivity (Wildman–Crippen MR) is 21.2 cm³/mol. The maximum atomic E-state index is 0. The summed E-state index contributed by atoms with van der Waals surface area (Å²) in [7, 11) is 0. The molecule has 0 aliphatic rings. The largest absolute Gasteiger partial charge is 3.00 e. The second-order valence-corrected chi connectivity index (χ2v) is 0. The Morgan fingerprint density at radius 3 is 0.375 bits per heavy atom. The molecule has 0 aromatic carbocycles. The third-order valence-corrected chi connectivity index (χ3v) is 0. The molecule has 0 fully saturated rings. The van der Waals surface area contributed by atoms with Crippen molar-refractivity contribution in [1.29, 1.82) is 0 Å². The Balaban J connectivity index is 0. The molecule has 0 aliphatic heterocycles. The summed E-state index contributed by atoms with van der Waals surface area (Å²) in [5, 5.41) is 0. The van der Waals surface area contributed by atoms with Gasteiger partial charge in [0.2, 0.25) is 0 Å². The maximum absolute atomic E-state index is 0. The van der Waals surface area contributed by atoms with Crippen LogP contribution in [0.4, 0.5) is 0 Å². The molecule has 48 valence electrons. The predicted octanol–water partition coefficient (Wildman–Crippen LogP) is -4.64. The molecule has 0 saturated carbocycles. The molecule has 0 heterocycles. The summed E-state index contributed by atoms with van der Waals surface area (Å²) in [5.41, 5.74) is 0. The van der Waals surface area contributed by atoms with E-state index in [1.165, 1.54) is 0 Å². The van der Waals surface area contributed by atoms with Gasteiger partial charge in [-0.25, -0.2) is 0 Å². The minimum atomic E-state index is 0. The van der Waals surface area contributed by atoms with E-state index in [4.69, 9.17) is 0 Å². The molecule has 0 amide bonds. The van der Waals surface area contributed by atoms with Crippen molar-refractivity contribution in [3.8, 4) is 0 Å². The number of hydrogen-bond donors (Lipinski definition) is 0. The molecule has 5 nitrogen and oxygen atoms in total. The molecule has 0 rings (SSSR count). The third-order valence-electron chi connectivity index (χ3n) is 0. The van der Waals surface area contributed by atoms with Crippen molar-refractivity contribution in [3.05, 3.63) is 0 Å². The first kappa shape index (κ1) is 360. The molecule has 0 radical (unpaired) electrons. The third kappa shape index (κ3) is 163. The van der Waals surface area contributed by atoms with Crippen LogP contribution in [0.15, 0.2) is 0 Å². The van der Waals surface area contributed by atoms with E-state index in [2.05, 4.69) is 0 Å². The van der Waals surface area contributed by atoms with Crippen molar-refractivity contribution in [1.82, 2.24) is 0 Å². The van der Waals surface area contributed by atoms with Gasteiger partial charge >= 0.3 is 34.7 Å². The van der Waals surface area contributed by atoms with Crippen LogP contribution in [-0.2, 0) is 0 Å². The second-order valence-electron chi connectivity index (χ2n) is 0. The molecule has 8 heteroatoms. The van der Waals surface area contributed by atoms with Crippen LogP contribution in [0.25, 0.3) is 0 Å². The van der Waals surface area contributed by atoms with E-state index >= 15 is 0 Å². The Morgan fingerprint density at radius 2 is 0.375 bits per heavy atom. The zero-order valence-corrected chi connectivity index (χ0v) is 7.66. The van der Waals surface area contributed by atoms with Crippen molar-refractivity contribution in [2.75, 3.05) is 0 Å². The zero-order chi connectivity index (χ0) is 0. The van der Waals surface area contributed by atoms with E-state index in [0.717, 1.165) is 0 Å². The quantitative estimate of drug-likeness (QED) is 0.375. The Hall–Kier alpha value is 1.34. The van der Waals surface area contributed by atoms with Crippen LogP contribution < -0.4 is 17.0 Å². The van der Waals surface area contributed by atoms with Crippen molar-refractivity contribution in [2.24, 2.45) is 0 Å². The number of hydrogen-bond acceptors (Lipinski definition) is 5. The molecule has 0 unspecified atom stereocenters. The van der Waals surface area contributed by atoms with E-state index in [1.54, 1.807) is 0 Å². The number of rotatable bonds is 0.